The standard InChI is InChI=1S/C26H32N4O3S/c1-3-32-24-12-8-7-11-20(24)15-29-25(31)18(2)33-26-23(28-16-21(27)17-34)14-13-22(30-26)19-9-5-4-6-10-19/h4-14,18,21,28,34H,3,15-17,27H2,1-2H3,(H,29,31)/t18-,21?/m1/s1. The van der Waals surface area contributed by atoms with Crippen LogP contribution in [-0.4, -0.2) is 41.9 Å². The van der Waals surface area contributed by atoms with Crippen LogP contribution >= 0.6 is 12.6 Å². The van der Waals surface area contributed by atoms with E-state index in [1.807, 2.05) is 73.7 Å². The number of para-hydroxylation sites is 1. The van der Waals surface area contributed by atoms with Crippen molar-refractivity contribution < 1.29 is 14.3 Å². The second-order valence-electron chi connectivity index (χ2n) is 7.76. The normalized spacial score (nSPS) is 12.5. The number of nitrogens with zero attached hydrogens (tertiary/aromatic N) is 1. The highest BCUT2D eigenvalue weighted by molar-refractivity contribution is 7.80. The molecule has 1 aromatic heterocycles. The lowest BCUT2D eigenvalue weighted by molar-refractivity contribution is -0.127. The molecular formula is C26H32N4O3S. The van der Waals surface area contributed by atoms with Gasteiger partial charge in [0.1, 0.15) is 5.75 Å². The molecule has 180 valence electrons. The van der Waals surface area contributed by atoms with Crippen LogP contribution < -0.4 is 25.8 Å². The molecule has 1 amide bonds. The van der Waals surface area contributed by atoms with E-state index in [1.54, 1.807) is 6.92 Å². The molecule has 1 unspecified atom stereocenters. The molecule has 0 bridgehead atoms. The topological polar surface area (TPSA) is 98.5 Å². The quantitative estimate of drug-likeness (QED) is 0.294. The summed E-state index contributed by atoms with van der Waals surface area (Å²) in [6.45, 7) is 5.02. The molecule has 7 nitrogen and oxygen atoms in total. The summed E-state index contributed by atoms with van der Waals surface area (Å²) in [6.07, 6.45) is -0.767. The van der Waals surface area contributed by atoms with Gasteiger partial charge in [-0.25, -0.2) is 4.98 Å². The first-order valence-corrected chi connectivity index (χ1v) is 12.0. The molecule has 0 saturated carbocycles. The SMILES string of the molecule is CCOc1ccccc1CNC(=O)[C@@H](C)Oc1nc(-c2ccccc2)ccc1NCC(N)CS. The average Bonchev–Trinajstić information content (AvgIpc) is 2.87. The van der Waals surface area contributed by atoms with Gasteiger partial charge in [-0.1, -0.05) is 48.5 Å². The highest BCUT2D eigenvalue weighted by Crippen LogP contribution is 2.28. The van der Waals surface area contributed by atoms with Crippen molar-refractivity contribution in [2.75, 3.05) is 24.2 Å². The molecular weight excluding hydrogens is 448 g/mol. The summed E-state index contributed by atoms with van der Waals surface area (Å²) in [5.74, 6) is 1.38. The fourth-order valence-corrected chi connectivity index (χ4v) is 3.36. The van der Waals surface area contributed by atoms with Gasteiger partial charge in [-0.3, -0.25) is 4.79 Å². The van der Waals surface area contributed by atoms with Crippen LogP contribution in [0.2, 0.25) is 0 Å². The Hall–Kier alpha value is -3.23. The molecule has 2 aromatic carbocycles. The first-order chi connectivity index (χ1) is 16.5. The monoisotopic (exact) mass is 480 g/mol. The summed E-state index contributed by atoms with van der Waals surface area (Å²) >= 11 is 4.23. The van der Waals surface area contributed by atoms with Gasteiger partial charge in [0.05, 0.1) is 18.0 Å². The highest BCUT2D eigenvalue weighted by Gasteiger charge is 2.19. The van der Waals surface area contributed by atoms with Crippen LogP contribution in [0.1, 0.15) is 19.4 Å². The highest BCUT2D eigenvalue weighted by atomic mass is 32.1. The van der Waals surface area contributed by atoms with E-state index >= 15 is 0 Å². The zero-order chi connectivity index (χ0) is 24.3. The number of pyridine rings is 1. The second kappa shape index (κ2) is 12.9. The lowest BCUT2D eigenvalue weighted by Crippen LogP contribution is -2.36. The lowest BCUT2D eigenvalue weighted by Gasteiger charge is -2.19. The summed E-state index contributed by atoms with van der Waals surface area (Å²) < 4.78 is 11.7. The fraction of sp³-hybridized carbons (Fsp3) is 0.308. The third kappa shape index (κ3) is 7.13. The molecule has 0 aliphatic rings. The summed E-state index contributed by atoms with van der Waals surface area (Å²) in [5.41, 5.74) is 9.26. The van der Waals surface area contributed by atoms with E-state index in [0.29, 0.717) is 37.0 Å². The number of nitrogens with two attached hydrogens (primary N) is 1. The van der Waals surface area contributed by atoms with E-state index in [9.17, 15) is 4.79 Å². The number of rotatable bonds is 12. The number of aromatic nitrogens is 1. The number of nitrogens with one attached hydrogen (secondary N) is 2. The van der Waals surface area contributed by atoms with Gasteiger partial charge in [0.2, 0.25) is 5.88 Å². The van der Waals surface area contributed by atoms with Crippen molar-refractivity contribution in [1.82, 2.24) is 10.3 Å². The minimum absolute atomic E-state index is 0.129. The summed E-state index contributed by atoms with van der Waals surface area (Å²) in [5, 5.41) is 6.18. The molecule has 0 aliphatic carbocycles. The van der Waals surface area contributed by atoms with Gasteiger partial charge in [-0.15, -0.1) is 0 Å². The number of thiol groups is 1. The number of anilines is 1. The molecule has 3 aromatic rings. The van der Waals surface area contributed by atoms with Gasteiger partial charge >= 0.3 is 0 Å². The maximum Gasteiger partial charge on any atom is 0.261 e. The molecule has 0 aliphatic heterocycles. The third-order valence-electron chi connectivity index (χ3n) is 5.10. The first-order valence-electron chi connectivity index (χ1n) is 11.3. The largest absolute Gasteiger partial charge is 0.494 e. The van der Waals surface area contributed by atoms with Crippen molar-refractivity contribution in [3.8, 4) is 22.9 Å². The van der Waals surface area contributed by atoms with Crippen molar-refractivity contribution in [1.29, 1.82) is 0 Å². The number of benzene rings is 2. The molecule has 0 fully saturated rings. The molecule has 1 heterocycles. The van der Waals surface area contributed by atoms with Gasteiger partial charge in [-0.05, 0) is 32.0 Å². The second-order valence-corrected chi connectivity index (χ2v) is 8.12. The predicted molar refractivity (Wildman–Crippen MR) is 140 cm³/mol. The van der Waals surface area contributed by atoms with Crippen LogP contribution in [0.15, 0.2) is 66.7 Å². The van der Waals surface area contributed by atoms with E-state index in [4.69, 9.17) is 15.2 Å². The molecule has 0 saturated heterocycles. The lowest BCUT2D eigenvalue weighted by atomic mass is 10.1. The van der Waals surface area contributed by atoms with Gasteiger partial charge in [-0.2, -0.15) is 12.6 Å². The zero-order valence-corrected chi connectivity index (χ0v) is 20.4. The Bertz CT molecular complexity index is 1060. The first kappa shape index (κ1) is 25.4. The van der Waals surface area contributed by atoms with Crippen LogP contribution in [-0.2, 0) is 11.3 Å². The number of carbonyl (C=O) groups excluding carboxylic acids is 1. The Morgan fingerprint density at radius 1 is 1.09 bits per heavy atom. The number of amides is 1. The van der Waals surface area contributed by atoms with E-state index in [2.05, 4.69) is 28.2 Å². The average molecular weight is 481 g/mol. The number of ether oxygens (including phenoxy) is 2. The van der Waals surface area contributed by atoms with Crippen molar-refractivity contribution >= 4 is 24.2 Å². The van der Waals surface area contributed by atoms with Crippen molar-refractivity contribution in [2.45, 2.75) is 32.5 Å². The minimum atomic E-state index is -0.767. The summed E-state index contributed by atoms with van der Waals surface area (Å²) in [4.78, 5) is 17.5. The Labute approximate surface area is 206 Å². The predicted octanol–water partition coefficient (Wildman–Crippen LogP) is 3.90. The van der Waals surface area contributed by atoms with Crippen molar-refractivity contribution in [2.24, 2.45) is 5.73 Å². The molecule has 0 radical (unpaired) electrons. The maximum absolute atomic E-state index is 12.8. The number of carbonyl (C=O) groups is 1. The van der Waals surface area contributed by atoms with Crippen LogP contribution in [0, 0.1) is 0 Å². The van der Waals surface area contributed by atoms with E-state index < -0.39 is 6.10 Å². The van der Waals surface area contributed by atoms with Gasteiger partial charge < -0.3 is 25.8 Å². The Balaban J connectivity index is 1.73. The van der Waals surface area contributed by atoms with Gasteiger partial charge in [0.15, 0.2) is 6.10 Å². The maximum atomic E-state index is 12.8. The molecule has 8 heteroatoms. The van der Waals surface area contributed by atoms with Gasteiger partial charge in [0.25, 0.3) is 5.91 Å². The van der Waals surface area contributed by atoms with Crippen LogP contribution in [0.25, 0.3) is 11.3 Å². The van der Waals surface area contributed by atoms with Crippen LogP contribution in [0.5, 0.6) is 11.6 Å². The summed E-state index contributed by atoms with van der Waals surface area (Å²) in [7, 11) is 0. The Morgan fingerprint density at radius 3 is 2.56 bits per heavy atom. The molecule has 2 atom stereocenters. The van der Waals surface area contributed by atoms with E-state index in [1.165, 1.54) is 0 Å². The minimum Gasteiger partial charge on any atom is -0.494 e. The van der Waals surface area contributed by atoms with E-state index in [-0.39, 0.29) is 11.9 Å². The molecule has 34 heavy (non-hydrogen) atoms. The smallest absolute Gasteiger partial charge is 0.261 e. The molecule has 0 spiro atoms. The van der Waals surface area contributed by atoms with Crippen molar-refractivity contribution in [3.05, 3.63) is 72.3 Å². The van der Waals surface area contributed by atoms with Crippen LogP contribution in [0.3, 0.4) is 0 Å². The van der Waals surface area contributed by atoms with Crippen LogP contribution in [0.4, 0.5) is 5.69 Å². The van der Waals surface area contributed by atoms with E-state index in [0.717, 1.165) is 22.6 Å². The number of hydrogen-bond donors (Lipinski definition) is 4. The Kier molecular flexibility index (Phi) is 9.61. The molecule has 3 rings (SSSR count). The summed E-state index contributed by atoms with van der Waals surface area (Å²) in [6, 6.07) is 21.1. The number of hydrogen-bond acceptors (Lipinski definition) is 7. The van der Waals surface area contributed by atoms with Gasteiger partial charge in [0, 0.05) is 36.0 Å². The fourth-order valence-electron chi connectivity index (χ4n) is 3.23. The molecule has 4 N–H and O–H groups in total. The zero-order valence-electron chi connectivity index (χ0n) is 19.5. The Morgan fingerprint density at radius 2 is 1.82 bits per heavy atom. The third-order valence-corrected chi connectivity index (χ3v) is 5.57. The van der Waals surface area contributed by atoms with Crippen molar-refractivity contribution in [3.63, 3.8) is 0 Å².